The molecule has 8 heteroatoms. The largest absolute Gasteiger partial charge is 0.451 e. The van der Waals surface area contributed by atoms with Gasteiger partial charge in [0.25, 0.3) is 0 Å². The van der Waals surface area contributed by atoms with E-state index < -0.39 is 12.0 Å². The highest BCUT2D eigenvalue weighted by atomic mass is 32.1. The van der Waals surface area contributed by atoms with Gasteiger partial charge in [-0.2, -0.15) is 13.2 Å². The van der Waals surface area contributed by atoms with Gasteiger partial charge in [0.15, 0.2) is 0 Å². The quantitative estimate of drug-likeness (QED) is 0.855. The van der Waals surface area contributed by atoms with Crippen molar-refractivity contribution in [2.45, 2.75) is 32.6 Å². The summed E-state index contributed by atoms with van der Waals surface area (Å²) in [7, 11) is 0. The lowest BCUT2D eigenvalue weighted by Gasteiger charge is -2.27. The van der Waals surface area contributed by atoms with Gasteiger partial charge in [-0.05, 0) is 6.92 Å². The summed E-state index contributed by atoms with van der Waals surface area (Å²) in [6, 6.07) is 0. The van der Waals surface area contributed by atoms with Gasteiger partial charge in [-0.1, -0.05) is 0 Å². The minimum atomic E-state index is -4.48. The Kier molecular flexibility index (Phi) is 3.66. The van der Waals surface area contributed by atoms with E-state index in [0.29, 0.717) is 25.2 Å². The van der Waals surface area contributed by atoms with E-state index in [1.165, 1.54) is 11.1 Å². The molecule has 112 valence electrons. The predicted molar refractivity (Wildman–Crippen MR) is 71.7 cm³/mol. The Morgan fingerprint density at radius 1 is 1.33 bits per heavy atom. The topological polar surface area (TPSA) is 41.9 Å². The van der Waals surface area contributed by atoms with Gasteiger partial charge in [0, 0.05) is 42.7 Å². The molecule has 0 N–H and O–H groups in total. The summed E-state index contributed by atoms with van der Waals surface area (Å²) in [5.41, 5.74) is 4.10. The van der Waals surface area contributed by atoms with Crippen molar-refractivity contribution < 1.29 is 13.2 Å². The number of thiazole rings is 1. The Bertz CT molecular complexity index is 653. The second-order valence-electron chi connectivity index (χ2n) is 4.98. The van der Waals surface area contributed by atoms with Crippen LogP contribution in [0.2, 0.25) is 0 Å². The van der Waals surface area contributed by atoms with Crippen molar-refractivity contribution in [3.05, 3.63) is 39.4 Å². The maximum atomic E-state index is 12.6. The van der Waals surface area contributed by atoms with Gasteiger partial charge in [-0.25, -0.2) is 15.0 Å². The van der Waals surface area contributed by atoms with E-state index in [-0.39, 0.29) is 0 Å². The van der Waals surface area contributed by atoms with Crippen molar-refractivity contribution >= 4 is 11.3 Å². The highest BCUT2D eigenvalue weighted by molar-refractivity contribution is 7.09. The minimum absolute atomic E-state index is 0.509. The first-order chi connectivity index (χ1) is 9.93. The Balaban J connectivity index is 1.76. The fraction of sp³-hybridized carbons (Fsp3) is 0.462. The van der Waals surface area contributed by atoms with Crippen LogP contribution in [0.25, 0.3) is 0 Å². The number of fused-ring (bicyclic) bond motifs is 1. The number of halogens is 3. The van der Waals surface area contributed by atoms with Crippen molar-refractivity contribution in [3.63, 3.8) is 0 Å². The van der Waals surface area contributed by atoms with E-state index in [2.05, 4.69) is 19.9 Å². The zero-order valence-corrected chi connectivity index (χ0v) is 12.1. The van der Waals surface area contributed by atoms with Gasteiger partial charge in [-0.15, -0.1) is 11.3 Å². The van der Waals surface area contributed by atoms with Crippen molar-refractivity contribution in [3.8, 4) is 0 Å². The standard InChI is InChI=1S/C13H13F3N4S/c1-8-11(21-7-18-8)6-20-3-2-10-9(5-20)4-17-12(19-10)13(14,15)16/h4,7H,2-3,5-6H2,1H3. The number of rotatable bonds is 2. The third-order valence-electron chi connectivity index (χ3n) is 3.48. The molecular formula is C13H13F3N4S. The maximum absolute atomic E-state index is 12.6. The molecule has 4 nitrogen and oxygen atoms in total. The number of hydrogen-bond acceptors (Lipinski definition) is 5. The second kappa shape index (κ2) is 5.34. The molecule has 1 aliphatic heterocycles. The molecule has 0 saturated heterocycles. The predicted octanol–water partition coefficient (Wildman–Crippen LogP) is 2.82. The highest BCUT2D eigenvalue weighted by Gasteiger charge is 2.35. The molecule has 0 unspecified atom stereocenters. The first kappa shape index (κ1) is 14.4. The maximum Gasteiger partial charge on any atom is 0.451 e. The van der Waals surface area contributed by atoms with Crippen LogP contribution in [0.3, 0.4) is 0 Å². The number of hydrogen-bond donors (Lipinski definition) is 0. The van der Waals surface area contributed by atoms with Gasteiger partial charge in [0.05, 0.1) is 16.9 Å². The lowest BCUT2D eigenvalue weighted by Crippen LogP contribution is -2.31. The molecule has 0 spiro atoms. The average Bonchev–Trinajstić information content (AvgIpc) is 2.82. The zero-order chi connectivity index (χ0) is 15.0. The fourth-order valence-electron chi connectivity index (χ4n) is 2.33. The molecule has 3 rings (SSSR count). The Morgan fingerprint density at radius 3 is 2.81 bits per heavy atom. The summed E-state index contributed by atoms with van der Waals surface area (Å²) < 4.78 is 37.8. The van der Waals surface area contributed by atoms with Gasteiger partial charge < -0.3 is 0 Å². The summed E-state index contributed by atoms with van der Waals surface area (Å²) in [6.45, 7) is 3.99. The van der Waals surface area contributed by atoms with Gasteiger partial charge in [-0.3, -0.25) is 4.90 Å². The zero-order valence-electron chi connectivity index (χ0n) is 11.3. The van der Waals surface area contributed by atoms with E-state index in [4.69, 9.17) is 0 Å². The number of aromatic nitrogens is 3. The van der Waals surface area contributed by atoms with Gasteiger partial charge in [0.2, 0.25) is 5.82 Å². The van der Waals surface area contributed by atoms with Crippen LogP contribution in [0, 0.1) is 6.92 Å². The van der Waals surface area contributed by atoms with Crippen molar-refractivity contribution in [2.24, 2.45) is 0 Å². The third kappa shape index (κ3) is 3.06. The average molecular weight is 314 g/mol. The molecule has 21 heavy (non-hydrogen) atoms. The van der Waals surface area contributed by atoms with E-state index in [1.807, 2.05) is 6.92 Å². The van der Waals surface area contributed by atoms with E-state index in [9.17, 15) is 13.2 Å². The van der Waals surface area contributed by atoms with Crippen LogP contribution in [0.1, 0.15) is 27.7 Å². The van der Waals surface area contributed by atoms with E-state index in [1.54, 1.807) is 16.8 Å². The smallest absolute Gasteiger partial charge is 0.293 e. The molecule has 1 aliphatic rings. The molecule has 0 aliphatic carbocycles. The Morgan fingerprint density at radius 2 is 2.14 bits per heavy atom. The van der Waals surface area contributed by atoms with Crippen LogP contribution in [-0.4, -0.2) is 26.4 Å². The van der Waals surface area contributed by atoms with Gasteiger partial charge in [0.1, 0.15) is 0 Å². The molecule has 0 aromatic carbocycles. The molecule has 2 aromatic heterocycles. The minimum Gasteiger partial charge on any atom is -0.293 e. The molecule has 3 heterocycles. The van der Waals surface area contributed by atoms with Crippen LogP contribution < -0.4 is 0 Å². The monoisotopic (exact) mass is 314 g/mol. The molecule has 2 aromatic rings. The van der Waals surface area contributed by atoms with E-state index in [0.717, 1.165) is 17.8 Å². The number of aryl methyl sites for hydroxylation is 1. The van der Waals surface area contributed by atoms with Crippen LogP contribution in [0.5, 0.6) is 0 Å². The normalized spacial score (nSPS) is 16.0. The molecule has 0 amide bonds. The fourth-order valence-corrected chi connectivity index (χ4v) is 3.15. The molecule has 0 radical (unpaired) electrons. The molecule has 0 atom stereocenters. The first-order valence-electron chi connectivity index (χ1n) is 6.47. The Hall–Kier alpha value is -1.54. The van der Waals surface area contributed by atoms with Crippen LogP contribution in [-0.2, 0) is 25.7 Å². The lowest BCUT2D eigenvalue weighted by molar-refractivity contribution is -0.145. The third-order valence-corrected chi connectivity index (χ3v) is 4.40. The molecule has 0 bridgehead atoms. The summed E-state index contributed by atoms with van der Waals surface area (Å²) in [5, 5.41) is 0. The number of nitrogens with zero attached hydrogens (tertiary/aromatic N) is 4. The molecule has 0 saturated carbocycles. The second-order valence-corrected chi connectivity index (χ2v) is 5.92. The first-order valence-corrected chi connectivity index (χ1v) is 7.35. The number of alkyl halides is 3. The SMILES string of the molecule is Cc1ncsc1CN1CCc2nc(C(F)(F)F)ncc2C1. The highest BCUT2D eigenvalue weighted by Crippen LogP contribution is 2.28. The van der Waals surface area contributed by atoms with Crippen LogP contribution in [0.4, 0.5) is 13.2 Å². The summed E-state index contributed by atoms with van der Waals surface area (Å²) >= 11 is 1.60. The van der Waals surface area contributed by atoms with E-state index >= 15 is 0 Å². The molecular weight excluding hydrogens is 301 g/mol. The van der Waals surface area contributed by atoms with Crippen LogP contribution in [0.15, 0.2) is 11.7 Å². The van der Waals surface area contributed by atoms with Crippen LogP contribution >= 0.6 is 11.3 Å². The van der Waals surface area contributed by atoms with Crippen molar-refractivity contribution in [1.82, 2.24) is 19.9 Å². The Labute approximate surface area is 123 Å². The summed E-state index contributed by atoms with van der Waals surface area (Å²) in [4.78, 5) is 14.7. The van der Waals surface area contributed by atoms with Gasteiger partial charge >= 0.3 is 6.18 Å². The summed E-state index contributed by atoms with van der Waals surface area (Å²) in [5.74, 6) is -1.05. The summed E-state index contributed by atoms with van der Waals surface area (Å²) in [6.07, 6.45) is -2.67. The lowest BCUT2D eigenvalue weighted by atomic mass is 10.1. The van der Waals surface area contributed by atoms with Crippen molar-refractivity contribution in [2.75, 3.05) is 6.54 Å². The molecule has 0 fully saturated rings. The van der Waals surface area contributed by atoms with Crippen molar-refractivity contribution in [1.29, 1.82) is 0 Å².